The summed E-state index contributed by atoms with van der Waals surface area (Å²) in [7, 11) is 0. The van der Waals surface area contributed by atoms with Gasteiger partial charge in [0.2, 0.25) is 0 Å². The van der Waals surface area contributed by atoms with Gasteiger partial charge in [0.1, 0.15) is 5.75 Å². The van der Waals surface area contributed by atoms with Gasteiger partial charge >= 0.3 is 0 Å². The average molecular weight is 288 g/mol. The van der Waals surface area contributed by atoms with Crippen LogP contribution in [0.1, 0.15) is 12.0 Å². The molecular formula is C14H16N4O3. The summed E-state index contributed by atoms with van der Waals surface area (Å²) in [6.07, 6.45) is 5.16. The second kappa shape index (κ2) is 7.20. The first-order valence-corrected chi connectivity index (χ1v) is 6.47. The molecule has 0 atom stereocenters. The van der Waals surface area contributed by atoms with E-state index in [1.807, 2.05) is 12.1 Å². The largest absolute Gasteiger partial charge is 0.493 e. The molecule has 0 fully saturated rings. The topological polar surface area (TPSA) is 103 Å². The van der Waals surface area contributed by atoms with Gasteiger partial charge in [0.05, 0.1) is 23.3 Å². The predicted molar refractivity (Wildman–Crippen MR) is 79.0 cm³/mol. The summed E-state index contributed by atoms with van der Waals surface area (Å²) in [4.78, 5) is 14.3. The highest BCUT2D eigenvalue weighted by Crippen LogP contribution is 2.25. The summed E-state index contributed by atoms with van der Waals surface area (Å²) in [5.74, 6) is 5.71. The van der Waals surface area contributed by atoms with Crippen molar-refractivity contribution in [1.29, 1.82) is 0 Å². The van der Waals surface area contributed by atoms with E-state index in [1.54, 1.807) is 18.5 Å². The van der Waals surface area contributed by atoms with Gasteiger partial charge in [-0.3, -0.25) is 20.9 Å². The number of ether oxygens (including phenoxy) is 1. The Morgan fingerprint density at radius 1 is 1.29 bits per heavy atom. The number of hydrogen-bond acceptors (Lipinski definition) is 6. The number of aromatic nitrogens is 1. The molecule has 110 valence electrons. The lowest BCUT2D eigenvalue weighted by Gasteiger charge is -2.08. The average Bonchev–Trinajstić information content (AvgIpc) is 2.52. The molecule has 0 radical (unpaired) electrons. The fraction of sp³-hybridized carbons (Fsp3) is 0.214. The normalized spacial score (nSPS) is 10.1. The number of nitrogens with two attached hydrogens (primary N) is 1. The van der Waals surface area contributed by atoms with Crippen molar-refractivity contribution < 1.29 is 9.66 Å². The van der Waals surface area contributed by atoms with Gasteiger partial charge in [0, 0.05) is 24.5 Å². The smallest absolute Gasteiger partial charge is 0.275 e. The standard InChI is InChI=1S/C14H16N4O3/c15-17-12-8-13(18(19)20)10-14(9-12)21-7-1-2-11-3-5-16-6-4-11/h3-6,8-10,17H,1-2,7,15H2. The van der Waals surface area contributed by atoms with Gasteiger partial charge in [-0.25, -0.2) is 0 Å². The molecule has 1 aromatic heterocycles. The van der Waals surface area contributed by atoms with Crippen molar-refractivity contribution in [3.63, 3.8) is 0 Å². The molecule has 0 saturated carbocycles. The van der Waals surface area contributed by atoms with E-state index < -0.39 is 4.92 Å². The van der Waals surface area contributed by atoms with Crippen LogP contribution in [0.3, 0.4) is 0 Å². The van der Waals surface area contributed by atoms with Crippen molar-refractivity contribution in [2.24, 2.45) is 5.84 Å². The molecule has 1 heterocycles. The van der Waals surface area contributed by atoms with Crippen LogP contribution in [0, 0.1) is 10.1 Å². The van der Waals surface area contributed by atoms with E-state index >= 15 is 0 Å². The molecule has 0 bridgehead atoms. The molecule has 2 aromatic rings. The number of nitro benzene ring substituents is 1. The second-order valence-corrected chi connectivity index (χ2v) is 4.42. The molecule has 7 nitrogen and oxygen atoms in total. The fourth-order valence-electron chi connectivity index (χ4n) is 1.87. The van der Waals surface area contributed by atoms with Crippen molar-refractivity contribution in [3.8, 4) is 5.75 Å². The van der Waals surface area contributed by atoms with E-state index in [4.69, 9.17) is 10.6 Å². The van der Waals surface area contributed by atoms with Crippen LogP contribution in [0.25, 0.3) is 0 Å². The van der Waals surface area contributed by atoms with E-state index in [9.17, 15) is 10.1 Å². The SMILES string of the molecule is NNc1cc(OCCCc2ccncc2)cc([N+](=O)[O-])c1. The number of nitro groups is 1. The highest BCUT2D eigenvalue weighted by atomic mass is 16.6. The summed E-state index contributed by atoms with van der Waals surface area (Å²) in [6.45, 7) is 0.466. The van der Waals surface area contributed by atoms with Gasteiger partial charge in [-0.15, -0.1) is 0 Å². The van der Waals surface area contributed by atoms with E-state index in [0.29, 0.717) is 18.0 Å². The zero-order valence-electron chi connectivity index (χ0n) is 11.4. The van der Waals surface area contributed by atoms with Crippen molar-refractivity contribution in [3.05, 3.63) is 58.4 Å². The predicted octanol–water partition coefficient (Wildman–Crippen LogP) is 2.29. The number of hydrogen-bond donors (Lipinski definition) is 2. The van der Waals surface area contributed by atoms with E-state index in [2.05, 4.69) is 10.4 Å². The summed E-state index contributed by atoms with van der Waals surface area (Å²) in [6, 6.07) is 8.25. The van der Waals surface area contributed by atoms with Gasteiger partial charge in [0.25, 0.3) is 5.69 Å². The van der Waals surface area contributed by atoms with Crippen molar-refractivity contribution in [1.82, 2.24) is 4.98 Å². The summed E-state index contributed by atoms with van der Waals surface area (Å²) in [5.41, 5.74) is 3.94. The minimum Gasteiger partial charge on any atom is -0.493 e. The van der Waals surface area contributed by atoms with Crippen LogP contribution in [0.4, 0.5) is 11.4 Å². The third kappa shape index (κ3) is 4.43. The number of hydrazine groups is 1. The van der Waals surface area contributed by atoms with Crippen molar-refractivity contribution >= 4 is 11.4 Å². The number of non-ortho nitro benzene ring substituents is 1. The van der Waals surface area contributed by atoms with Crippen LogP contribution in [0.2, 0.25) is 0 Å². The molecule has 0 amide bonds. The number of benzene rings is 1. The summed E-state index contributed by atoms with van der Waals surface area (Å²) >= 11 is 0. The molecule has 0 aliphatic rings. The number of nitrogens with zero attached hydrogens (tertiary/aromatic N) is 2. The number of rotatable bonds is 7. The highest BCUT2D eigenvalue weighted by Gasteiger charge is 2.10. The Hall–Kier alpha value is -2.67. The monoisotopic (exact) mass is 288 g/mol. The molecule has 1 aromatic carbocycles. The minimum absolute atomic E-state index is 0.0606. The Morgan fingerprint density at radius 2 is 2.05 bits per heavy atom. The third-order valence-electron chi connectivity index (χ3n) is 2.90. The van der Waals surface area contributed by atoms with Gasteiger partial charge in [0.15, 0.2) is 0 Å². The summed E-state index contributed by atoms with van der Waals surface area (Å²) < 4.78 is 5.55. The molecule has 0 unspecified atom stereocenters. The summed E-state index contributed by atoms with van der Waals surface area (Å²) in [5, 5.41) is 10.8. The van der Waals surface area contributed by atoms with Crippen molar-refractivity contribution in [2.45, 2.75) is 12.8 Å². The Morgan fingerprint density at radius 3 is 2.71 bits per heavy atom. The number of pyridine rings is 1. The lowest BCUT2D eigenvalue weighted by Crippen LogP contribution is -2.08. The molecule has 21 heavy (non-hydrogen) atoms. The second-order valence-electron chi connectivity index (χ2n) is 4.42. The first kappa shape index (κ1) is 14.7. The Kier molecular flexibility index (Phi) is 5.05. The van der Waals surface area contributed by atoms with Crippen molar-refractivity contribution in [2.75, 3.05) is 12.0 Å². The molecule has 7 heteroatoms. The zero-order chi connectivity index (χ0) is 15.1. The quantitative estimate of drug-likeness (QED) is 0.350. The van der Waals surface area contributed by atoms with Crippen LogP contribution >= 0.6 is 0 Å². The molecule has 0 aliphatic heterocycles. The first-order valence-electron chi connectivity index (χ1n) is 6.47. The highest BCUT2D eigenvalue weighted by molar-refractivity contribution is 5.55. The van der Waals surface area contributed by atoms with Gasteiger partial charge in [-0.1, -0.05) is 0 Å². The van der Waals surface area contributed by atoms with Crippen LogP contribution in [0.5, 0.6) is 5.75 Å². The van der Waals surface area contributed by atoms with Gasteiger partial charge in [-0.2, -0.15) is 0 Å². The molecule has 0 saturated heterocycles. The van der Waals surface area contributed by atoms with Gasteiger partial charge in [-0.05, 0) is 30.5 Å². The maximum absolute atomic E-state index is 10.8. The molecule has 2 rings (SSSR count). The maximum atomic E-state index is 10.8. The number of nitrogen functional groups attached to an aromatic ring is 1. The maximum Gasteiger partial charge on any atom is 0.275 e. The third-order valence-corrected chi connectivity index (χ3v) is 2.90. The lowest BCUT2D eigenvalue weighted by molar-refractivity contribution is -0.384. The Balaban J connectivity index is 1.90. The molecule has 0 spiro atoms. The van der Waals surface area contributed by atoms with Crippen LogP contribution in [0.15, 0.2) is 42.7 Å². The molecular weight excluding hydrogens is 272 g/mol. The molecule has 0 aliphatic carbocycles. The lowest BCUT2D eigenvalue weighted by atomic mass is 10.1. The number of nitrogens with one attached hydrogen (secondary N) is 1. The number of anilines is 1. The fourth-order valence-corrected chi connectivity index (χ4v) is 1.87. The number of aryl methyl sites for hydroxylation is 1. The van der Waals surface area contributed by atoms with Crippen LogP contribution in [-0.2, 0) is 6.42 Å². The van der Waals surface area contributed by atoms with E-state index in [-0.39, 0.29) is 5.69 Å². The minimum atomic E-state index is -0.481. The van der Waals surface area contributed by atoms with Crippen LogP contribution < -0.4 is 16.0 Å². The Bertz CT molecular complexity index is 604. The van der Waals surface area contributed by atoms with Gasteiger partial charge < -0.3 is 10.2 Å². The van der Waals surface area contributed by atoms with E-state index in [0.717, 1.165) is 12.8 Å². The first-order chi connectivity index (χ1) is 10.2. The van der Waals surface area contributed by atoms with E-state index in [1.165, 1.54) is 17.7 Å². The molecule has 3 N–H and O–H groups in total. The van der Waals surface area contributed by atoms with Crippen LogP contribution in [-0.4, -0.2) is 16.5 Å². The Labute approximate surface area is 121 Å². The zero-order valence-corrected chi connectivity index (χ0v) is 11.4.